The molecule has 34 heavy (non-hydrogen) atoms. The number of anilines is 1. The van der Waals surface area contributed by atoms with Gasteiger partial charge < -0.3 is 25.0 Å². The molecule has 2 aromatic carbocycles. The molecule has 180 valence electrons. The first-order chi connectivity index (χ1) is 16.2. The molecule has 1 saturated heterocycles. The van der Waals surface area contributed by atoms with Crippen molar-refractivity contribution in [2.75, 3.05) is 25.8 Å². The van der Waals surface area contributed by atoms with Gasteiger partial charge in [-0.05, 0) is 29.8 Å². The molecule has 1 aliphatic rings. The van der Waals surface area contributed by atoms with E-state index in [1.807, 2.05) is 0 Å². The predicted octanol–water partition coefficient (Wildman–Crippen LogP) is 2.65. The molecule has 0 radical (unpaired) electrons. The zero-order valence-corrected chi connectivity index (χ0v) is 20.0. The maximum absolute atomic E-state index is 12.7. The van der Waals surface area contributed by atoms with Crippen molar-refractivity contribution in [1.82, 2.24) is 10.2 Å². The lowest BCUT2D eigenvalue weighted by molar-refractivity contribution is -0.146. The largest absolute Gasteiger partial charge is 0.467 e. The van der Waals surface area contributed by atoms with Crippen LogP contribution in [0.25, 0.3) is 0 Å². The van der Waals surface area contributed by atoms with Crippen LogP contribution in [0.4, 0.5) is 5.69 Å². The molecule has 0 bridgehead atoms. The Morgan fingerprint density at radius 2 is 1.76 bits per heavy atom. The summed E-state index contributed by atoms with van der Waals surface area (Å²) in [5.41, 5.74) is 1.36. The van der Waals surface area contributed by atoms with Crippen molar-refractivity contribution >= 4 is 52.6 Å². The number of ether oxygens (including phenoxy) is 2. The molecule has 11 heteroatoms. The van der Waals surface area contributed by atoms with Gasteiger partial charge in [-0.15, -0.1) is 0 Å². The Kier molecular flexibility index (Phi) is 8.49. The van der Waals surface area contributed by atoms with Crippen LogP contribution in [-0.4, -0.2) is 61.1 Å². The number of carbonyl (C=O) groups excluding carboxylic acids is 4. The van der Waals surface area contributed by atoms with E-state index in [4.69, 9.17) is 32.7 Å². The van der Waals surface area contributed by atoms with Crippen LogP contribution in [0.5, 0.6) is 0 Å². The lowest BCUT2D eigenvalue weighted by atomic mass is 10.0. The first-order valence-corrected chi connectivity index (χ1v) is 11.0. The summed E-state index contributed by atoms with van der Waals surface area (Å²) in [4.78, 5) is 50.5. The maximum atomic E-state index is 12.7. The van der Waals surface area contributed by atoms with E-state index in [1.54, 1.807) is 42.5 Å². The minimum atomic E-state index is -0.978. The molecule has 0 aromatic heterocycles. The lowest BCUT2D eigenvalue weighted by Gasteiger charge is -2.23. The Bertz CT molecular complexity index is 1070. The van der Waals surface area contributed by atoms with Crippen LogP contribution < -0.4 is 10.6 Å². The van der Waals surface area contributed by atoms with Crippen molar-refractivity contribution in [3.63, 3.8) is 0 Å². The quantitative estimate of drug-likeness (QED) is 0.556. The van der Waals surface area contributed by atoms with Gasteiger partial charge in [0, 0.05) is 19.0 Å². The number of carbonyl (C=O) groups is 4. The number of nitrogens with one attached hydrogen (secondary N) is 2. The van der Waals surface area contributed by atoms with E-state index in [-0.39, 0.29) is 41.3 Å². The summed E-state index contributed by atoms with van der Waals surface area (Å²) in [5, 5.41) is 5.82. The van der Waals surface area contributed by atoms with Crippen LogP contribution in [0, 0.1) is 0 Å². The maximum Gasteiger partial charge on any atom is 0.328 e. The zero-order chi connectivity index (χ0) is 24.8. The van der Waals surface area contributed by atoms with E-state index in [2.05, 4.69) is 10.6 Å². The van der Waals surface area contributed by atoms with Crippen LogP contribution in [0.2, 0.25) is 10.0 Å². The Morgan fingerprint density at radius 1 is 1.12 bits per heavy atom. The average Bonchev–Trinajstić information content (AvgIpc) is 3.30. The number of esters is 1. The van der Waals surface area contributed by atoms with Gasteiger partial charge in [0.2, 0.25) is 11.8 Å². The molecule has 1 heterocycles. The van der Waals surface area contributed by atoms with Crippen molar-refractivity contribution in [2.24, 2.45) is 0 Å². The second kappa shape index (κ2) is 11.3. The fourth-order valence-electron chi connectivity index (χ4n) is 3.44. The molecule has 1 aliphatic heterocycles. The number of rotatable bonds is 7. The van der Waals surface area contributed by atoms with Crippen molar-refractivity contribution in [1.29, 1.82) is 0 Å². The van der Waals surface area contributed by atoms with Gasteiger partial charge in [-0.3, -0.25) is 14.4 Å². The van der Waals surface area contributed by atoms with Crippen molar-refractivity contribution in [2.45, 2.75) is 25.4 Å². The average molecular weight is 508 g/mol. The summed E-state index contributed by atoms with van der Waals surface area (Å²) in [5.74, 6) is -1.91. The first kappa shape index (κ1) is 25.5. The molecule has 9 nitrogen and oxygen atoms in total. The molecular formula is C23H23Cl2N3O6. The molecule has 2 atom stereocenters. The van der Waals surface area contributed by atoms with Gasteiger partial charge in [0.25, 0.3) is 5.91 Å². The molecule has 2 aromatic rings. The molecule has 0 aliphatic carbocycles. The molecule has 3 rings (SSSR count). The third kappa shape index (κ3) is 6.05. The summed E-state index contributed by atoms with van der Waals surface area (Å²) in [6.45, 7) is 1.40. The fraction of sp³-hybridized carbons (Fsp3) is 0.304. The van der Waals surface area contributed by atoms with Gasteiger partial charge in [0.1, 0.15) is 18.8 Å². The van der Waals surface area contributed by atoms with E-state index in [9.17, 15) is 19.2 Å². The van der Waals surface area contributed by atoms with Gasteiger partial charge in [-0.1, -0.05) is 41.4 Å². The highest BCUT2D eigenvalue weighted by Crippen LogP contribution is 2.25. The topological polar surface area (TPSA) is 114 Å². The predicted molar refractivity (Wildman–Crippen MR) is 126 cm³/mol. The van der Waals surface area contributed by atoms with Crippen molar-refractivity contribution in [3.05, 3.63) is 63.6 Å². The van der Waals surface area contributed by atoms with Crippen LogP contribution in [0.15, 0.2) is 42.5 Å². The molecule has 0 spiro atoms. The number of hydrogen-bond donors (Lipinski definition) is 2. The van der Waals surface area contributed by atoms with E-state index >= 15 is 0 Å². The zero-order valence-electron chi connectivity index (χ0n) is 18.5. The highest BCUT2D eigenvalue weighted by molar-refractivity contribution is 6.40. The monoisotopic (exact) mass is 507 g/mol. The third-order valence-corrected chi connectivity index (χ3v) is 5.86. The highest BCUT2D eigenvalue weighted by Gasteiger charge is 2.35. The van der Waals surface area contributed by atoms with Crippen LogP contribution in [-0.2, 0) is 30.3 Å². The normalized spacial score (nSPS) is 16.0. The minimum absolute atomic E-state index is 0.0168. The van der Waals surface area contributed by atoms with Crippen molar-refractivity contribution < 1.29 is 28.7 Å². The van der Waals surface area contributed by atoms with Gasteiger partial charge in [0.15, 0.2) is 0 Å². The van der Waals surface area contributed by atoms with Gasteiger partial charge in [-0.2, -0.15) is 0 Å². The van der Waals surface area contributed by atoms with Crippen LogP contribution >= 0.6 is 23.2 Å². The summed E-state index contributed by atoms with van der Waals surface area (Å²) in [7, 11) is 1.22. The van der Waals surface area contributed by atoms with Crippen LogP contribution in [0.3, 0.4) is 0 Å². The lowest BCUT2D eigenvalue weighted by Crippen LogP contribution is -2.52. The Hall–Kier alpha value is -3.14. The number of amides is 3. The molecule has 1 unspecified atom stereocenters. The van der Waals surface area contributed by atoms with Gasteiger partial charge in [0.05, 0.1) is 29.3 Å². The minimum Gasteiger partial charge on any atom is -0.467 e. The number of halogens is 2. The second-order valence-corrected chi connectivity index (χ2v) is 8.36. The van der Waals surface area contributed by atoms with Gasteiger partial charge in [-0.25, -0.2) is 4.79 Å². The molecule has 0 saturated carbocycles. The molecule has 3 amide bonds. The fourth-order valence-corrected chi connectivity index (χ4v) is 4.01. The number of methoxy groups -OCH3 is 1. The number of hydrogen-bond acceptors (Lipinski definition) is 6. The summed E-state index contributed by atoms with van der Waals surface area (Å²) in [6.07, 6.45) is 0.136. The number of nitrogens with zero attached hydrogens (tertiary/aromatic N) is 1. The summed E-state index contributed by atoms with van der Waals surface area (Å²) in [6, 6.07) is 9.68. The highest BCUT2D eigenvalue weighted by atomic mass is 35.5. The number of benzene rings is 2. The van der Waals surface area contributed by atoms with E-state index in [0.29, 0.717) is 11.3 Å². The van der Waals surface area contributed by atoms with E-state index in [0.717, 1.165) is 0 Å². The summed E-state index contributed by atoms with van der Waals surface area (Å²) < 4.78 is 10.0. The molecule has 1 fully saturated rings. The smallest absolute Gasteiger partial charge is 0.328 e. The molecule has 2 N–H and O–H groups in total. The third-order valence-electron chi connectivity index (χ3n) is 5.23. The van der Waals surface area contributed by atoms with E-state index < -0.39 is 29.9 Å². The van der Waals surface area contributed by atoms with Crippen molar-refractivity contribution in [3.8, 4) is 0 Å². The molecular weight excluding hydrogens is 485 g/mol. The Labute approximate surface area is 206 Å². The van der Waals surface area contributed by atoms with Gasteiger partial charge >= 0.3 is 5.97 Å². The first-order valence-electron chi connectivity index (χ1n) is 10.3. The summed E-state index contributed by atoms with van der Waals surface area (Å²) >= 11 is 12.2. The SMILES string of the molecule is COC(=O)[C@H](Cc1ccc(NC(=O)c2c(Cl)cccc2Cl)cc1)NC(=O)C1COCN1C(C)=O. The van der Waals surface area contributed by atoms with E-state index in [1.165, 1.54) is 18.9 Å². The second-order valence-electron chi connectivity index (χ2n) is 7.54. The van der Waals surface area contributed by atoms with Crippen LogP contribution in [0.1, 0.15) is 22.8 Å². The Balaban J connectivity index is 1.67. The standard InChI is InChI=1S/C23H23Cl2N3O6/c1-13(29)28-12-34-11-19(28)21(30)27-18(23(32)33-2)10-14-6-8-15(9-7-14)26-22(31)20-16(24)4-3-5-17(20)25/h3-9,18-19H,10-12H2,1-2H3,(H,26,31)(H,27,30)/t18-,19?/m0/s1. The Morgan fingerprint density at radius 3 is 2.35 bits per heavy atom.